The van der Waals surface area contributed by atoms with Gasteiger partial charge in [0.15, 0.2) is 0 Å². The Morgan fingerprint density at radius 1 is 1.33 bits per heavy atom. The Morgan fingerprint density at radius 3 is 2.22 bits per heavy atom. The molecule has 0 heteroatoms. The van der Waals surface area contributed by atoms with Crippen LogP contribution in [0.25, 0.3) is 0 Å². The normalized spacial score (nSPS) is 13.0. The molecular formula is C9H13+. The molecule has 0 heterocycles. The topological polar surface area (TPSA) is 0 Å². The smallest absolute Gasteiger partial charge is 0.0683 e. The van der Waals surface area contributed by atoms with Crippen LogP contribution in [0.3, 0.4) is 0 Å². The molecule has 9 heavy (non-hydrogen) atoms. The van der Waals surface area contributed by atoms with Crippen molar-refractivity contribution in [2.24, 2.45) is 0 Å². The van der Waals surface area contributed by atoms with Crippen LogP contribution in [0.15, 0.2) is 29.9 Å². The van der Waals surface area contributed by atoms with Crippen molar-refractivity contribution in [2.45, 2.75) is 20.8 Å². The second-order valence-electron chi connectivity index (χ2n) is 1.58. The highest BCUT2D eigenvalue weighted by atomic mass is 13.8. The summed E-state index contributed by atoms with van der Waals surface area (Å²) in [5.41, 5.74) is 1.29. The zero-order valence-electron chi connectivity index (χ0n) is 6.31. The van der Waals surface area contributed by atoms with E-state index in [9.17, 15) is 0 Å². The van der Waals surface area contributed by atoms with Crippen LogP contribution in [-0.2, 0) is 0 Å². The fourth-order valence-corrected chi connectivity index (χ4v) is 0.470. The van der Waals surface area contributed by atoms with Crippen LogP contribution in [0.1, 0.15) is 20.8 Å². The predicted molar refractivity (Wildman–Crippen MR) is 42.1 cm³/mol. The van der Waals surface area contributed by atoms with Gasteiger partial charge in [-0.1, -0.05) is 13.8 Å². The van der Waals surface area contributed by atoms with Crippen LogP contribution in [0, 0.1) is 6.08 Å². The maximum absolute atomic E-state index is 2.93. The number of allylic oxidation sites excluding steroid dienone is 6. The molecule has 0 atom stereocenters. The van der Waals surface area contributed by atoms with Gasteiger partial charge < -0.3 is 0 Å². The summed E-state index contributed by atoms with van der Waals surface area (Å²) < 4.78 is 0. The van der Waals surface area contributed by atoms with E-state index in [-0.39, 0.29) is 0 Å². The first-order chi connectivity index (χ1) is 4.39. The summed E-state index contributed by atoms with van der Waals surface area (Å²) in [5, 5.41) is 0. The van der Waals surface area contributed by atoms with Crippen LogP contribution in [-0.4, -0.2) is 0 Å². The highest BCUT2D eigenvalue weighted by Gasteiger charge is 1.90. The first-order valence-corrected chi connectivity index (χ1v) is 3.32. The van der Waals surface area contributed by atoms with Crippen LogP contribution in [0.5, 0.6) is 0 Å². The Morgan fingerprint density at radius 2 is 2.00 bits per heavy atom. The van der Waals surface area contributed by atoms with Crippen molar-refractivity contribution < 1.29 is 0 Å². The largest absolute Gasteiger partial charge is 0.103 e. The Bertz CT molecular complexity index is 136. The summed E-state index contributed by atoms with van der Waals surface area (Å²) >= 11 is 0. The van der Waals surface area contributed by atoms with Crippen LogP contribution in [0.4, 0.5) is 0 Å². The molecule has 0 saturated carbocycles. The summed E-state index contributed by atoms with van der Waals surface area (Å²) in [6.45, 7) is 6.06. The monoisotopic (exact) mass is 121 g/mol. The molecule has 1 rings (SSSR count). The summed E-state index contributed by atoms with van der Waals surface area (Å²) in [4.78, 5) is 0. The highest BCUT2D eigenvalue weighted by Crippen LogP contribution is 1.99. The summed E-state index contributed by atoms with van der Waals surface area (Å²) in [5.74, 6) is 0. The van der Waals surface area contributed by atoms with E-state index in [1.807, 2.05) is 38.2 Å². The molecule has 0 N–H and O–H groups in total. The van der Waals surface area contributed by atoms with Crippen molar-refractivity contribution in [1.82, 2.24) is 0 Å². The molecule has 0 fully saturated rings. The Labute approximate surface area is 57.6 Å². The van der Waals surface area contributed by atoms with Gasteiger partial charge in [-0.05, 0) is 6.92 Å². The molecule has 0 spiro atoms. The van der Waals surface area contributed by atoms with Crippen LogP contribution in [0.2, 0.25) is 0 Å². The first kappa shape index (κ1) is 8.13. The number of hydrogen-bond acceptors (Lipinski definition) is 0. The van der Waals surface area contributed by atoms with Crippen LogP contribution >= 0.6 is 0 Å². The average Bonchev–Trinajstić information content (AvgIpc) is 1.94. The standard InChI is InChI=1S/C7H7.C2H6/c1-7-5-3-2-4-6-7;1-2/h3-6H,1H3;1-2H3/q+1;. The van der Waals surface area contributed by atoms with Crippen LogP contribution < -0.4 is 0 Å². The zero-order valence-corrected chi connectivity index (χ0v) is 6.31. The fraction of sp³-hybridized carbons (Fsp3) is 0.333. The Hall–Kier alpha value is -0.870. The van der Waals surface area contributed by atoms with Gasteiger partial charge in [-0.3, -0.25) is 0 Å². The van der Waals surface area contributed by atoms with E-state index in [0.29, 0.717) is 0 Å². The Balaban J connectivity index is 0.000000291. The zero-order chi connectivity index (χ0) is 7.11. The average molecular weight is 121 g/mol. The van der Waals surface area contributed by atoms with Crippen molar-refractivity contribution in [3.05, 3.63) is 36.0 Å². The van der Waals surface area contributed by atoms with Gasteiger partial charge in [-0.15, -0.1) is 0 Å². The second-order valence-corrected chi connectivity index (χ2v) is 1.58. The molecule has 0 amide bonds. The molecule has 0 aromatic carbocycles. The lowest BCUT2D eigenvalue weighted by molar-refractivity contribution is 1.49. The molecule has 0 bridgehead atoms. The molecule has 0 aliphatic heterocycles. The van der Waals surface area contributed by atoms with Gasteiger partial charge in [0.2, 0.25) is 0 Å². The molecule has 0 aromatic rings. The SMILES string of the molecule is CC.CC1=CC=[C+]C=C1. The van der Waals surface area contributed by atoms with E-state index >= 15 is 0 Å². The van der Waals surface area contributed by atoms with E-state index in [2.05, 4.69) is 13.0 Å². The number of rotatable bonds is 0. The van der Waals surface area contributed by atoms with Gasteiger partial charge in [0.25, 0.3) is 0 Å². The second kappa shape index (κ2) is 5.27. The molecule has 0 saturated heterocycles. The van der Waals surface area contributed by atoms with Gasteiger partial charge in [0.05, 0.1) is 17.7 Å². The molecule has 1 aliphatic rings. The third-order valence-corrected chi connectivity index (χ3v) is 0.885. The minimum Gasteiger partial charge on any atom is -0.0683 e. The van der Waals surface area contributed by atoms with Gasteiger partial charge in [0, 0.05) is 6.08 Å². The third kappa shape index (κ3) is 3.69. The van der Waals surface area contributed by atoms with Crippen molar-refractivity contribution >= 4 is 0 Å². The molecule has 0 unspecified atom stereocenters. The fourth-order valence-electron chi connectivity index (χ4n) is 0.470. The van der Waals surface area contributed by atoms with E-state index in [1.165, 1.54) is 5.57 Å². The van der Waals surface area contributed by atoms with E-state index in [4.69, 9.17) is 0 Å². The minimum absolute atomic E-state index is 1.29. The lowest BCUT2D eigenvalue weighted by atomic mass is 10.2. The molecule has 1 aliphatic carbocycles. The summed E-state index contributed by atoms with van der Waals surface area (Å²) in [6, 6.07) is 0. The quantitative estimate of drug-likeness (QED) is 0.432. The van der Waals surface area contributed by atoms with Crippen molar-refractivity contribution in [3.63, 3.8) is 0 Å². The maximum Gasteiger partial charge on any atom is 0.103 e. The minimum atomic E-state index is 1.29. The van der Waals surface area contributed by atoms with Crippen molar-refractivity contribution in [3.8, 4) is 0 Å². The van der Waals surface area contributed by atoms with Crippen molar-refractivity contribution in [1.29, 1.82) is 0 Å². The molecule has 0 nitrogen and oxygen atoms in total. The third-order valence-electron chi connectivity index (χ3n) is 0.885. The first-order valence-electron chi connectivity index (χ1n) is 3.32. The highest BCUT2D eigenvalue weighted by molar-refractivity contribution is 5.27. The predicted octanol–water partition coefficient (Wildman–Crippen LogP) is 2.89. The molecule has 0 radical (unpaired) electrons. The van der Waals surface area contributed by atoms with Gasteiger partial charge in [-0.2, -0.15) is 0 Å². The molecule has 48 valence electrons. The number of hydrogen-bond donors (Lipinski definition) is 0. The summed E-state index contributed by atoms with van der Waals surface area (Å²) in [7, 11) is 0. The molecular weight excluding hydrogens is 108 g/mol. The van der Waals surface area contributed by atoms with E-state index in [0.717, 1.165) is 0 Å². The van der Waals surface area contributed by atoms with E-state index in [1.54, 1.807) is 0 Å². The lowest BCUT2D eigenvalue weighted by Gasteiger charge is -1.78. The lowest BCUT2D eigenvalue weighted by Crippen LogP contribution is -1.69. The summed E-state index contributed by atoms with van der Waals surface area (Å²) in [6.07, 6.45) is 10.8. The molecule has 0 aromatic heterocycles. The van der Waals surface area contributed by atoms with Crippen molar-refractivity contribution in [2.75, 3.05) is 0 Å². The maximum atomic E-state index is 2.93. The Kier molecular flexibility index (Phi) is 4.76. The van der Waals surface area contributed by atoms with Gasteiger partial charge in [-0.25, -0.2) is 0 Å². The van der Waals surface area contributed by atoms with E-state index < -0.39 is 0 Å². The van der Waals surface area contributed by atoms with Gasteiger partial charge >= 0.3 is 0 Å². The van der Waals surface area contributed by atoms with Gasteiger partial charge in [0.1, 0.15) is 12.2 Å².